The summed E-state index contributed by atoms with van der Waals surface area (Å²) in [6.07, 6.45) is 5.64. The van der Waals surface area contributed by atoms with Crippen molar-refractivity contribution in [2.45, 2.75) is 6.42 Å². The molecule has 0 saturated carbocycles. The number of carbonyl (C=O) groups is 1. The molecular formula is C22H17NO2. The van der Waals surface area contributed by atoms with Crippen LogP contribution in [-0.2, 0) is 11.2 Å². The predicted molar refractivity (Wildman–Crippen MR) is 102 cm³/mol. The lowest BCUT2D eigenvalue weighted by molar-refractivity contribution is -0.131. The van der Waals surface area contributed by atoms with Crippen LogP contribution in [0.1, 0.15) is 16.7 Å². The summed E-state index contributed by atoms with van der Waals surface area (Å²) < 4.78 is 0. The summed E-state index contributed by atoms with van der Waals surface area (Å²) in [7, 11) is 0. The van der Waals surface area contributed by atoms with Crippen LogP contribution in [0.3, 0.4) is 0 Å². The third-order valence-corrected chi connectivity index (χ3v) is 4.43. The van der Waals surface area contributed by atoms with Gasteiger partial charge in [-0.15, -0.1) is 0 Å². The van der Waals surface area contributed by atoms with Gasteiger partial charge in [0, 0.05) is 23.2 Å². The molecule has 0 unspecified atom stereocenters. The molecule has 3 aromatic carbocycles. The first-order valence-corrected chi connectivity index (χ1v) is 8.18. The van der Waals surface area contributed by atoms with E-state index in [0.29, 0.717) is 0 Å². The van der Waals surface area contributed by atoms with Crippen molar-refractivity contribution in [3.05, 3.63) is 89.6 Å². The summed E-state index contributed by atoms with van der Waals surface area (Å²) in [5.41, 5.74) is 4.33. The largest absolute Gasteiger partial charge is 0.478 e. The van der Waals surface area contributed by atoms with Gasteiger partial charge in [0.25, 0.3) is 0 Å². The van der Waals surface area contributed by atoms with Crippen molar-refractivity contribution in [2.75, 3.05) is 0 Å². The molecule has 4 aromatic rings. The van der Waals surface area contributed by atoms with Crippen molar-refractivity contribution in [3.8, 4) is 0 Å². The summed E-state index contributed by atoms with van der Waals surface area (Å²) >= 11 is 0. The summed E-state index contributed by atoms with van der Waals surface area (Å²) in [6, 6.07) is 20.7. The topological polar surface area (TPSA) is 53.1 Å². The minimum absolute atomic E-state index is 0.794. The van der Waals surface area contributed by atoms with Gasteiger partial charge in [-0.05, 0) is 46.0 Å². The Morgan fingerprint density at radius 1 is 1.00 bits per heavy atom. The molecule has 0 fully saturated rings. The number of benzene rings is 3. The second-order valence-electron chi connectivity index (χ2n) is 6.11. The molecule has 4 rings (SSSR count). The zero-order valence-electron chi connectivity index (χ0n) is 13.6. The Hall–Kier alpha value is -3.33. The summed E-state index contributed by atoms with van der Waals surface area (Å²) in [5.74, 6) is -0.941. The van der Waals surface area contributed by atoms with Crippen molar-refractivity contribution in [3.63, 3.8) is 0 Å². The molecule has 3 nitrogen and oxygen atoms in total. The van der Waals surface area contributed by atoms with Gasteiger partial charge < -0.3 is 10.1 Å². The highest BCUT2D eigenvalue weighted by atomic mass is 16.4. The van der Waals surface area contributed by atoms with Gasteiger partial charge in [-0.25, -0.2) is 4.79 Å². The van der Waals surface area contributed by atoms with Crippen molar-refractivity contribution in [1.29, 1.82) is 0 Å². The second-order valence-corrected chi connectivity index (χ2v) is 6.11. The first-order chi connectivity index (χ1) is 12.2. The van der Waals surface area contributed by atoms with E-state index < -0.39 is 5.97 Å². The Morgan fingerprint density at radius 2 is 1.84 bits per heavy atom. The van der Waals surface area contributed by atoms with Gasteiger partial charge in [0.1, 0.15) is 0 Å². The fourth-order valence-electron chi connectivity index (χ4n) is 3.29. The summed E-state index contributed by atoms with van der Waals surface area (Å²) in [5, 5.41) is 12.4. The molecule has 0 aliphatic carbocycles. The normalized spacial score (nSPS) is 11.5. The molecule has 0 spiro atoms. The molecule has 1 heterocycles. The van der Waals surface area contributed by atoms with Gasteiger partial charge in [-0.3, -0.25) is 0 Å². The van der Waals surface area contributed by atoms with Gasteiger partial charge >= 0.3 is 5.97 Å². The van der Waals surface area contributed by atoms with Crippen molar-refractivity contribution < 1.29 is 9.90 Å². The van der Waals surface area contributed by atoms with Gasteiger partial charge in [0.05, 0.1) is 0 Å². The van der Waals surface area contributed by atoms with Crippen molar-refractivity contribution in [2.24, 2.45) is 0 Å². The number of hydrogen-bond donors (Lipinski definition) is 2. The Labute approximate surface area is 145 Å². The average molecular weight is 327 g/mol. The van der Waals surface area contributed by atoms with E-state index in [1.54, 1.807) is 6.08 Å². The molecule has 0 radical (unpaired) electrons. The Balaban J connectivity index is 1.76. The maximum Gasteiger partial charge on any atom is 0.328 e. The van der Waals surface area contributed by atoms with Crippen LogP contribution in [0.5, 0.6) is 0 Å². The molecule has 2 N–H and O–H groups in total. The van der Waals surface area contributed by atoms with Crippen molar-refractivity contribution >= 4 is 33.7 Å². The number of rotatable bonds is 4. The SMILES string of the molecule is O=C(O)/C=C/c1cccc2[nH]cc(Cc3ccc4ccccc4c3)c12. The molecule has 0 atom stereocenters. The predicted octanol–water partition coefficient (Wildman–Crippen LogP) is 5.01. The lowest BCUT2D eigenvalue weighted by Crippen LogP contribution is -1.89. The van der Waals surface area contributed by atoms with Crippen molar-refractivity contribution in [1.82, 2.24) is 4.98 Å². The van der Waals surface area contributed by atoms with Crippen LogP contribution in [0.4, 0.5) is 0 Å². The quantitative estimate of drug-likeness (QED) is 0.518. The molecule has 122 valence electrons. The minimum atomic E-state index is -0.941. The molecule has 1 aromatic heterocycles. The molecular weight excluding hydrogens is 310 g/mol. The fraction of sp³-hybridized carbons (Fsp3) is 0.0455. The van der Waals surface area contributed by atoms with Crippen LogP contribution >= 0.6 is 0 Å². The van der Waals surface area contributed by atoms with E-state index >= 15 is 0 Å². The number of aliphatic carboxylic acids is 1. The smallest absolute Gasteiger partial charge is 0.328 e. The number of H-pyrrole nitrogens is 1. The standard InChI is InChI=1S/C22H17NO2/c24-21(25)11-10-17-6-3-7-20-22(17)19(14-23-20)13-15-8-9-16-4-1-2-5-18(16)12-15/h1-12,14,23H,13H2,(H,24,25)/b11-10+. The molecule has 3 heteroatoms. The third kappa shape index (κ3) is 3.04. The number of aromatic amines is 1. The van der Waals surface area contributed by atoms with Gasteiger partial charge in [-0.1, -0.05) is 54.6 Å². The number of carboxylic acids is 1. The third-order valence-electron chi connectivity index (χ3n) is 4.43. The van der Waals surface area contributed by atoms with Crippen LogP contribution < -0.4 is 0 Å². The van der Waals surface area contributed by atoms with E-state index in [0.717, 1.165) is 28.5 Å². The Morgan fingerprint density at radius 3 is 2.68 bits per heavy atom. The van der Waals surface area contributed by atoms with E-state index in [4.69, 9.17) is 5.11 Å². The maximum atomic E-state index is 10.9. The minimum Gasteiger partial charge on any atom is -0.478 e. The number of aromatic nitrogens is 1. The first-order valence-electron chi connectivity index (χ1n) is 8.18. The second kappa shape index (κ2) is 6.29. The number of nitrogens with one attached hydrogen (secondary N) is 1. The van der Waals surface area contributed by atoms with Crippen LogP contribution in [-0.4, -0.2) is 16.1 Å². The maximum absolute atomic E-state index is 10.9. The first kappa shape index (κ1) is 15.2. The average Bonchev–Trinajstić information content (AvgIpc) is 3.03. The van der Waals surface area contributed by atoms with Crippen LogP contribution in [0.25, 0.3) is 27.8 Å². The van der Waals surface area contributed by atoms with Gasteiger partial charge in [0.15, 0.2) is 0 Å². The van der Waals surface area contributed by atoms with Gasteiger partial charge in [-0.2, -0.15) is 0 Å². The molecule has 0 aliphatic rings. The highest BCUT2D eigenvalue weighted by Gasteiger charge is 2.08. The lowest BCUT2D eigenvalue weighted by atomic mass is 9.98. The molecule has 0 bridgehead atoms. The Kier molecular flexibility index (Phi) is 3.82. The monoisotopic (exact) mass is 327 g/mol. The van der Waals surface area contributed by atoms with E-state index in [1.165, 1.54) is 22.4 Å². The van der Waals surface area contributed by atoms with E-state index in [1.807, 2.05) is 36.5 Å². The van der Waals surface area contributed by atoms with Gasteiger partial charge in [0.2, 0.25) is 0 Å². The highest BCUT2D eigenvalue weighted by Crippen LogP contribution is 2.27. The van der Waals surface area contributed by atoms with Crippen LogP contribution in [0, 0.1) is 0 Å². The fourth-order valence-corrected chi connectivity index (χ4v) is 3.29. The molecule has 0 amide bonds. The number of hydrogen-bond acceptors (Lipinski definition) is 1. The van der Waals surface area contributed by atoms with E-state index in [2.05, 4.69) is 35.3 Å². The molecule has 25 heavy (non-hydrogen) atoms. The lowest BCUT2D eigenvalue weighted by Gasteiger charge is -2.05. The zero-order valence-corrected chi connectivity index (χ0v) is 13.6. The molecule has 0 saturated heterocycles. The van der Waals surface area contributed by atoms with E-state index in [-0.39, 0.29) is 0 Å². The Bertz CT molecular complexity index is 1110. The van der Waals surface area contributed by atoms with Crippen LogP contribution in [0.2, 0.25) is 0 Å². The zero-order chi connectivity index (χ0) is 17.2. The number of fused-ring (bicyclic) bond motifs is 2. The summed E-state index contributed by atoms with van der Waals surface area (Å²) in [6.45, 7) is 0. The summed E-state index contributed by atoms with van der Waals surface area (Å²) in [4.78, 5) is 14.1. The van der Waals surface area contributed by atoms with E-state index in [9.17, 15) is 4.79 Å². The van der Waals surface area contributed by atoms with Crippen LogP contribution in [0.15, 0.2) is 72.9 Å². The highest BCUT2D eigenvalue weighted by molar-refractivity contribution is 5.95. The number of carboxylic acid groups (broad SMARTS) is 1. The molecule has 0 aliphatic heterocycles.